The van der Waals surface area contributed by atoms with E-state index in [9.17, 15) is 4.79 Å². The van der Waals surface area contributed by atoms with Crippen molar-refractivity contribution in [3.8, 4) is 5.75 Å². The van der Waals surface area contributed by atoms with E-state index in [0.717, 1.165) is 31.6 Å². The molecule has 1 aliphatic rings. The molecule has 0 radical (unpaired) electrons. The fourth-order valence-corrected chi connectivity index (χ4v) is 2.84. The maximum atomic E-state index is 11.6. The number of amides is 1. The van der Waals surface area contributed by atoms with Gasteiger partial charge in [-0.05, 0) is 42.9 Å². The van der Waals surface area contributed by atoms with Crippen molar-refractivity contribution < 1.29 is 9.53 Å². The molecular weight excluding hydrogens is 250 g/mol. The lowest BCUT2D eigenvalue weighted by atomic mass is 9.80. The van der Waals surface area contributed by atoms with Crippen molar-refractivity contribution in [1.29, 1.82) is 0 Å². The molecule has 2 rings (SSSR count). The van der Waals surface area contributed by atoms with E-state index in [1.807, 2.05) is 12.1 Å². The minimum absolute atomic E-state index is 0.0968. The van der Waals surface area contributed by atoms with Crippen LogP contribution in [0, 0.1) is 5.92 Å². The molecule has 0 spiro atoms. The third kappa shape index (κ3) is 3.33. The monoisotopic (exact) mass is 275 g/mol. The van der Waals surface area contributed by atoms with Crippen LogP contribution in [-0.4, -0.2) is 18.1 Å². The molecule has 1 atom stereocenters. The Hall–Kier alpha value is -1.51. The summed E-state index contributed by atoms with van der Waals surface area (Å²) in [7, 11) is 0. The molecule has 0 bridgehead atoms. The molecule has 1 aliphatic heterocycles. The van der Waals surface area contributed by atoms with Crippen LogP contribution in [0.15, 0.2) is 24.3 Å². The van der Waals surface area contributed by atoms with Crippen LogP contribution in [0.5, 0.6) is 5.75 Å². The summed E-state index contributed by atoms with van der Waals surface area (Å²) >= 11 is 0. The van der Waals surface area contributed by atoms with Crippen molar-refractivity contribution in [2.24, 2.45) is 5.92 Å². The standard InChI is InChI=1S/C17H25NO2/c1-4-10-20-15-7-5-6-14(11-15)12-17(13(2)3)9-8-16(19)18-17/h5-7,11,13H,4,8-10,12H2,1-3H3,(H,18,19). The number of benzene rings is 1. The molecule has 1 heterocycles. The molecule has 0 saturated carbocycles. The summed E-state index contributed by atoms with van der Waals surface area (Å²) < 4.78 is 5.69. The SMILES string of the molecule is CCCOc1cccc(CC2(C(C)C)CCC(=O)N2)c1. The minimum atomic E-state index is -0.0968. The summed E-state index contributed by atoms with van der Waals surface area (Å²) in [5, 5.41) is 3.20. The fourth-order valence-electron chi connectivity index (χ4n) is 2.84. The number of hydrogen-bond acceptors (Lipinski definition) is 2. The summed E-state index contributed by atoms with van der Waals surface area (Å²) in [5.74, 6) is 1.53. The second kappa shape index (κ2) is 6.29. The van der Waals surface area contributed by atoms with Gasteiger partial charge in [-0.1, -0.05) is 32.9 Å². The van der Waals surface area contributed by atoms with Crippen LogP contribution >= 0.6 is 0 Å². The quantitative estimate of drug-likeness (QED) is 0.865. The number of hydrogen-bond donors (Lipinski definition) is 1. The lowest BCUT2D eigenvalue weighted by Crippen LogP contribution is -2.48. The van der Waals surface area contributed by atoms with Crippen molar-refractivity contribution in [2.45, 2.75) is 52.0 Å². The van der Waals surface area contributed by atoms with E-state index in [0.29, 0.717) is 12.3 Å². The van der Waals surface area contributed by atoms with Crippen molar-refractivity contribution in [3.63, 3.8) is 0 Å². The Kier molecular flexibility index (Phi) is 4.69. The number of ether oxygens (including phenoxy) is 1. The van der Waals surface area contributed by atoms with Gasteiger partial charge in [0.15, 0.2) is 0 Å². The highest BCUT2D eigenvalue weighted by molar-refractivity contribution is 5.79. The summed E-state index contributed by atoms with van der Waals surface area (Å²) in [6, 6.07) is 8.25. The highest BCUT2D eigenvalue weighted by atomic mass is 16.5. The molecule has 1 amide bonds. The first-order valence-electron chi connectivity index (χ1n) is 7.58. The number of nitrogens with one attached hydrogen (secondary N) is 1. The molecule has 1 unspecified atom stereocenters. The fraction of sp³-hybridized carbons (Fsp3) is 0.588. The molecule has 1 saturated heterocycles. The van der Waals surface area contributed by atoms with Crippen LogP contribution in [-0.2, 0) is 11.2 Å². The van der Waals surface area contributed by atoms with Gasteiger partial charge in [-0.15, -0.1) is 0 Å². The van der Waals surface area contributed by atoms with Gasteiger partial charge in [-0.2, -0.15) is 0 Å². The van der Waals surface area contributed by atoms with Crippen LogP contribution in [0.1, 0.15) is 45.6 Å². The molecular formula is C17H25NO2. The van der Waals surface area contributed by atoms with Crippen LogP contribution in [0.4, 0.5) is 0 Å². The van der Waals surface area contributed by atoms with E-state index in [4.69, 9.17) is 4.74 Å². The summed E-state index contributed by atoms with van der Waals surface area (Å²) in [4.78, 5) is 11.6. The zero-order valence-electron chi connectivity index (χ0n) is 12.7. The predicted octanol–water partition coefficient (Wildman–Crippen LogP) is 3.32. The highest BCUT2D eigenvalue weighted by Gasteiger charge is 2.40. The molecule has 0 aromatic heterocycles. The Morgan fingerprint density at radius 1 is 1.40 bits per heavy atom. The number of carbonyl (C=O) groups excluding carboxylic acids is 1. The molecule has 0 aliphatic carbocycles. The number of carbonyl (C=O) groups is 1. The summed E-state index contributed by atoms with van der Waals surface area (Å²) in [6.07, 6.45) is 3.45. The minimum Gasteiger partial charge on any atom is -0.494 e. The maximum absolute atomic E-state index is 11.6. The summed E-state index contributed by atoms with van der Waals surface area (Å²) in [5.41, 5.74) is 1.13. The van der Waals surface area contributed by atoms with Crippen LogP contribution in [0.2, 0.25) is 0 Å². The van der Waals surface area contributed by atoms with Gasteiger partial charge in [0.1, 0.15) is 5.75 Å². The van der Waals surface area contributed by atoms with Gasteiger partial charge in [-0.25, -0.2) is 0 Å². The largest absolute Gasteiger partial charge is 0.494 e. The Balaban J connectivity index is 2.13. The topological polar surface area (TPSA) is 38.3 Å². The van der Waals surface area contributed by atoms with E-state index in [1.54, 1.807) is 0 Å². The van der Waals surface area contributed by atoms with Gasteiger partial charge in [0.2, 0.25) is 5.91 Å². The lowest BCUT2D eigenvalue weighted by Gasteiger charge is -2.33. The third-order valence-corrected chi connectivity index (χ3v) is 4.18. The summed E-state index contributed by atoms with van der Waals surface area (Å²) in [6.45, 7) is 7.22. The Labute approximate surface area is 121 Å². The molecule has 3 nitrogen and oxygen atoms in total. The van der Waals surface area contributed by atoms with Crippen LogP contribution in [0.3, 0.4) is 0 Å². The normalized spacial score (nSPS) is 22.1. The van der Waals surface area contributed by atoms with Gasteiger partial charge >= 0.3 is 0 Å². The Bertz CT molecular complexity index is 470. The van der Waals surface area contributed by atoms with E-state index in [-0.39, 0.29) is 11.4 Å². The van der Waals surface area contributed by atoms with E-state index < -0.39 is 0 Å². The molecule has 1 N–H and O–H groups in total. The second-order valence-corrected chi connectivity index (χ2v) is 6.03. The highest BCUT2D eigenvalue weighted by Crippen LogP contribution is 2.32. The molecule has 110 valence electrons. The lowest BCUT2D eigenvalue weighted by molar-refractivity contribution is -0.120. The smallest absolute Gasteiger partial charge is 0.220 e. The average Bonchev–Trinajstić information content (AvgIpc) is 2.79. The van der Waals surface area contributed by atoms with Crippen molar-refractivity contribution >= 4 is 5.91 Å². The third-order valence-electron chi connectivity index (χ3n) is 4.18. The molecule has 3 heteroatoms. The van der Waals surface area contributed by atoms with E-state index >= 15 is 0 Å². The van der Waals surface area contributed by atoms with Crippen molar-refractivity contribution in [1.82, 2.24) is 5.32 Å². The van der Waals surface area contributed by atoms with E-state index in [1.165, 1.54) is 5.56 Å². The maximum Gasteiger partial charge on any atom is 0.220 e. The van der Waals surface area contributed by atoms with Gasteiger partial charge in [-0.3, -0.25) is 4.79 Å². The van der Waals surface area contributed by atoms with E-state index in [2.05, 4.69) is 38.2 Å². The van der Waals surface area contributed by atoms with Gasteiger partial charge in [0.05, 0.1) is 6.61 Å². The first kappa shape index (κ1) is 14.9. The zero-order valence-corrected chi connectivity index (χ0v) is 12.7. The molecule has 1 fully saturated rings. The van der Waals surface area contributed by atoms with Crippen LogP contribution in [0.25, 0.3) is 0 Å². The number of rotatable bonds is 6. The van der Waals surface area contributed by atoms with Crippen molar-refractivity contribution in [2.75, 3.05) is 6.61 Å². The first-order chi connectivity index (χ1) is 9.55. The average molecular weight is 275 g/mol. The Morgan fingerprint density at radius 2 is 2.20 bits per heavy atom. The van der Waals surface area contributed by atoms with Crippen LogP contribution < -0.4 is 10.1 Å². The Morgan fingerprint density at radius 3 is 2.80 bits per heavy atom. The van der Waals surface area contributed by atoms with Gasteiger partial charge in [0, 0.05) is 12.0 Å². The second-order valence-electron chi connectivity index (χ2n) is 6.03. The van der Waals surface area contributed by atoms with Gasteiger partial charge < -0.3 is 10.1 Å². The first-order valence-corrected chi connectivity index (χ1v) is 7.58. The van der Waals surface area contributed by atoms with Crippen molar-refractivity contribution in [3.05, 3.63) is 29.8 Å². The predicted molar refractivity (Wildman–Crippen MR) is 80.9 cm³/mol. The molecule has 1 aromatic rings. The molecule has 20 heavy (non-hydrogen) atoms. The zero-order chi connectivity index (χ0) is 14.6. The van der Waals surface area contributed by atoms with Gasteiger partial charge in [0.25, 0.3) is 0 Å². The molecule has 1 aromatic carbocycles.